The number of nitrogens with one attached hydrogen (secondary N) is 2. The molecule has 3 rings (SSSR count). The van der Waals surface area contributed by atoms with Gasteiger partial charge in [-0.1, -0.05) is 30.0 Å². The molecule has 0 saturated heterocycles. The van der Waals surface area contributed by atoms with E-state index in [1.54, 1.807) is 19.1 Å². The Labute approximate surface area is 150 Å². The molecule has 8 nitrogen and oxygen atoms in total. The predicted molar refractivity (Wildman–Crippen MR) is 96.7 cm³/mol. The Balaban J connectivity index is 1.66. The van der Waals surface area contributed by atoms with Crippen molar-refractivity contribution in [2.45, 2.75) is 17.3 Å². The summed E-state index contributed by atoms with van der Waals surface area (Å²) in [6.07, 6.45) is 0. The van der Waals surface area contributed by atoms with Gasteiger partial charge < -0.3 is 5.32 Å². The topological polar surface area (TPSA) is 114 Å². The number of nitro groups is 1. The zero-order valence-electron chi connectivity index (χ0n) is 13.0. The van der Waals surface area contributed by atoms with Gasteiger partial charge in [-0.15, -0.1) is 16.4 Å². The van der Waals surface area contributed by atoms with Crippen LogP contribution in [0.3, 0.4) is 0 Å². The first-order valence-electron chi connectivity index (χ1n) is 7.22. The number of carbonyl (C=O) groups excluding carboxylic acids is 1. The van der Waals surface area contributed by atoms with Crippen molar-refractivity contribution >= 4 is 40.4 Å². The Bertz CT molecular complexity index is 894. The summed E-state index contributed by atoms with van der Waals surface area (Å²) in [5, 5.41) is 22.4. The van der Waals surface area contributed by atoms with E-state index in [4.69, 9.17) is 0 Å². The number of aromatic amines is 1. The van der Waals surface area contributed by atoms with E-state index in [-0.39, 0.29) is 17.3 Å². The van der Waals surface area contributed by atoms with Crippen LogP contribution in [0.15, 0.2) is 46.9 Å². The summed E-state index contributed by atoms with van der Waals surface area (Å²) in [5.74, 6) is 0.283. The highest BCUT2D eigenvalue weighted by molar-refractivity contribution is 8.00. The number of nitrogens with zero attached hydrogens (tertiary/aromatic N) is 3. The zero-order valence-corrected chi connectivity index (χ0v) is 14.6. The summed E-state index contributed by atoms with van der Waals surface area (Å²) in [5.41, 5.74) is 0.0186. The predicted octanol–water partition coefficient (Wildman–Crippen LogP) is 3.56. The molecule has 2 aromatic heterocycles. The Kier molecular flexibility index (Phi) is 5.10. The van der Waals surface area contributed by atoms with Gasteiger partial charge in [0.1, 0.15) is 5.69 Å². The van der Waals surface area contributed by atoms with E-state index in [0.29, 0.717) is 11.0 Å². The van der Waals surface area contributed by atoms with Crippen molar-refractivity contribution in [1.82, 2.24) is 15.2 Å². The highest BCUT2D eigenvalue weighted by Gasteiger charge is 2.21. The minimum Gasteiger partial charge on any atom is -0.319 e. The van der Waals surface area contributed by atoms with Gasteiger partial charge in [0.15, 0.2) is 5.82 Å². The average molecular weight is 375 g/mol. The van der Waals surface area contributed by atoms with Crippen molar-refractivity contribution in [2.24, 2.45) is 0 Å². The third kappa shape index (κ3) is 4.03. The quantitative estimate of drug-likeness (QED) is 0.387. The molecule has 2 heterocycles. The van der Waals surface area contributed by atoms with Gasteiger partial charge in [-0.2, -0.15) is 0 Å². The lowest BCUT2D eigenvalue weighted by atomic mass is 10.2. The SMILES string of the molecule is C[C@@H](Sc1n[nH]c(-c2cccs2)n1)C(=O)Nc1ccccc1[N+](=O)[O-]. The molecule has 0 saturated carbocycles. The highest BCUT2D eigenvalue weighted by atomic mass is 32.2. The molecule has 0 radical (unpaired) electrons. The second-order valence-electron chi connectivity index (χ2n) is 4.97. The first kappa shape index (κ1) is 17.1. The van der Waals surface area contributed by atoms with Gasteiger partial charge in [0, 0.05) is 6.07 Å². The van der Waals surface area contributed by atoms with Crippen LogP contribution in [0, 0.1) is 10.1 Å². The third-order valence-electron chi connectivity index (χ3n) is 3.23. The third-order valence-corrected chi connectivity index (χ3v) is 5.07. The number of hydrogen-bond acceptors (Lipinski definition) is 7. The lowest BCUT2D eigenvalue weighted by molar-refractivity contribution is -0.383. The number of thiophene rings is 1. The Morgan fingerprint density at radius 1 is 1.36 bits per heavy atom. The molecule has 10 heteroatoms. The van der Waals surface area contributed by atoms with Gasteiger partial charge in [0.05, 0.1) is 15.1 Å². The smallest absolute Gasteiger partial charge is 0.292 e. The van der Waals surface area contributed by atoms with Gasteiger partial charge in [-0.3, -0.25) is 20.0 Å². The molecule has 2 N–H and O–H groups in total. The molecule has 1 amide bonds. The Hall–Kier alpha value is -2.72. The maximum Gasteiger partial charge on any atom is 0.292 e. The number of H-pyrrole nitrogens is 1. The highest BCUT2D eigenvalue weighted by Crippen LogP contribution is 2.27. The lowest BCUT2D eigenvalue weighted by Crippen LogP contribution is -2.23. The molecule has 128 valence electrons. The number of para-hydroxylation sites is 2. The molecule has 0 spiro atoms. The summed E-state index contributed by atoms with van der Waals surface area (Å²) in [4.78, 5) is 28.1. The number of carbonyl (C=O) groups is 1. The molecule has 25 heavy (non-hydrogen) atoms. The molecule has 0 bridgehead atoms. The number of thioether (sulfide) groups is 1. The molecular formula is C15H13N5O3S2. The van der Waals surface area contributed by atoms with Gasteiger partial charge >= 0.3 is 0 Å². The van der Waals surface area contributed by atoms with Crippen LogP contribution >= 0.6 is 23.1 Å². The van der Waals surface area contributed by atoms with E-state index in [1.807, 2.05) is 17.5 Å². The van der Waals surface area contributed by atoms with E-state index in [1.165, 1.54) is 35.2 Å². The number of aromatic nitrogens is 3. The maximum atomic E-state index is 12.3. The summed E-state index contributed by atoms with van der Waals surface area (Å²) < 4.78 is 0. The standard InChI is InChI=1S/C15H13N5O3S2/c1-9(14(21)16-10-5-2-3-6-11(10)20(22)23)25-15-17-13(18-19-15)12-7-4-8-24-12/h2-9H,1H3,(H,16,21)(H,17,18,19)/t9-/m1/s1. The Morgan fingerprint density at radius 2 is 2.16 bits per heavy atom. The normalized spacial score (nSPS) is 11.9. The van der Waals surface area contributed by atoms with E-state index in [9.17, 15) is 14.9 Å². The molecule has 0 unspecified atom stereocenters. The van der Waals surface area contributed by atoms with Gasteiger partial charge in [0.25, 0.3) is 5.69 Å². The van der Waals surface area contributed by atoms with Crippen molar-refractivity contribution in [3.8, 4) is 10.7 Å². The van der Waals surface area contributed by atoms with Crippen molar-refractivity contribution in [3.63, 3.8) is 0 Å². The van der Waals surface area contributed by atoms with Crippen molar-refractivity contribution in [3.05, 3.63) is 51.9 Å². The van der Waals surface area contributed by atoms with Crippen LogP contribution in [0.25, 0.3) is 10.7 Å². The van der Waals surface area contributed by atoms with Crippen LogP contribution < -0.4 is 5.32 Å². The number of benzene rings is 1. The van der Waals surface area contributed by atoms with Gasteiger partial charge in [-0.05, 0) is 24.4 Å². The van der Waals surface area contributed by atoms with E-state index in [0.717, 1.165) is 4.88 Å². The summed E-state index contributed by atoms with van der Waals surface area (Å²) in [6, 6.07) is 9.85. The van der Waals surface area contributed by atoms with Crippen LogP contribution in [0.4, 0.5) is 11.4 Å². The molecule has 0 aliphatic heterocycles. The minimum absolute atomic E-state index is 0.147. The van der Waals surface area contributed by atoms with Gasteiger partial charge in [-0.25, -0.2) is 4.98 Å². The van der Waals surface area contributed by atoms with Crippen molar-refractivity contribution < 1.29 is 9.72 Å². The fourth-order valence-electron chi connectivity index (χ4n) is 2.01. The van der Waals surface area contributed by atoms with Crippen LogP contribution in [-0.2, 0) is 4.79 Å². The molecule has 0 aliphatic rings. The van der Waals surface area contributed by atoms with E-state index < -0.39 is 10.2 Å². The Morgan fingerprint density at radius 3 is 2.88 bits per heavy atom. The monoisotopic (exact) mass is 375 g/mol. The summed E-state index contributed by atoms with van der Waals surface area (Å²) in [7, 11) is 0. The average Bonchev–Trinajstić information content (AvgIpc) is 3.26. The maximum absolute atomic E-state index is 12.3. The number of nitro benzene ring substituents is 1. The van der Waals surface area contributed by atoms with Gasteiger partial charge in [0.2, 0.25) is 11.1 Å². The summed E-state index contributed by atoms with van der Waals surface area (Å²) in [6.45, 7) is 1.69. The van der Waals surface area contributed by atoms with Crippen molar-refractivity contribution in [2.75, 3.05) is 5.32 Å². The molecule has 0 fully saturated rings. The largest absolute Gasteiger partial charge is 0.319 e. The van der Waals surface area contributed by atoms with E-state index >= 15 is 0 Å². The lowest BCUT2D eigenvalue weighted by Gasteiger charge is -2.10. The minimum atomic E-state index is -0.532. The number of rotatable bonds is 6. The van der Waals surface area contributed by atoms with E-state index in [2.05, 4.69) is 20.5 Å². The number of anilines is 1. The second-order valence-corrected chi connectivity index (χ2v) is 7.22. The first-order chi connectivity index (χ1) is 12.0. The fraction of sp³-hybridized carbons (Fsp3) is 0.133. The van der Waals surface area contributed by atoms with Crippen LogP contribution in [0.5, 0.6) is 0 Å². The number of hydrogen-bond donors (Lipinski definition) is 2. The zero-order chi connectivity index (χ0) is 17.8. The van der Waals surface area contributed by atoms with Crippen LogP contribution in [0.1, 0.15) is 6.92 Å². The second kappa shape index (κ2) is 7.45. The molecule has 1 aromatic carbocycles. The molecule has 0 aliphatic carbocycles. The molecule has 1 atom stereocenters. The fourth-order valence-corrected chi connectivity index (χ4v) is 3.40. The van der Waals surface area contributed by atoms with Crippen LogP contribution in [0.2, 0.25) is 0 Å². The van der Waals surface area contributed by atoms with Crippen LogP contribution in [-0.4, -0.2) is 31.3 Å². The van der Waals surface area contributed by atoms with Crippen molar-refractivity contribution in [1.29, 1.82) is 0 Å². The first-order valence-corrected chi connectivity index (χ1v) is 8.97. The summed E-state index contributed by atoms with van der Waals surface area (Å²) >= 11 is 2.71. The number of amides is 1. The molecular weight excluding hydrogens is 362 g/mol. The molecule has 3 aromatic rings.